The van der Waals surface area contributed by atoms with Gasteiger partial charge in [0.25, 0.3) is 0 Å². The van der Waals surface area contributed by atoms with E-state index in [4.69, 9.17) is 0 Å². The highest BCUT2D eigenvalue weighted by atomic mass is 79.9. The summed E-state index contributed by atoms with van der Waals surface area (Å²) in [6, 6.07) is 12.1. The van der Waals surface area contributed by atoms with Crippen LogP contribution in [0.1, 0.15) is 0 Å². The molecule has 0 spiro atoms. The van der Waals surface area contributed by atoms with E-state index < -0.39 is 0 Å². The first-order valence-electron chi connectivity index (χ1n) is 4.02. The van der Waals surface area contributed by atoms with Crippen molar-refractivity contribution in [2.45, 2.75) is 0 Å². The third-order valence-corrected chi connectivity index (χ3v) is 2.63. The summed E-state index contributed by atoms with van der Waals surface area (Å²) in [5.74, 6) is 0. The molecule has 3 heteroatoms. The van der Waals surface area contributed by atoms with Gasteiger partial charge >= 0.3 is 0 Å². The summed E-state index contributed by atoms with van der Waals surface area (Å²) < 4.78 is 2.80. The molecule has 66 valence electrons. The summed E-state index contributed by atoms with van der Waals surface area (Å²) in [7, 11) is 1.91. The smallest absolute Gasteiger partial charge is 0.104 e. The van der Waals surface area contributed by atoms with Gasteiger partial charge in [0, 0.05) is 12.6 Å². The van der Waals surface area contributed by atoms with Gasteiger partial charge in [-0.15, -0.1) is 0 Å². The number of aryl methyl sites for hydroxylation is 1. The van der Waals surface area contributed by atoms with E-state index in [2.05, 4.69) is 33.2 Å². The molecule has 2 rings (SSSR count). The second-order valence-electron chi connectivity index (χ2n) is 2.84. The van der Waals surface area contributed by atoms with Crippen molar-refractivity contribution in [2.75, 3.05) is 0 Å². The van der Waals surface area contributed by atoms with Crippen LogP contribution in [-0.4, -0.2) is 9.78 Å². The van der Waals surface area contributed by atoms with Crippen LogP contribution in [0.2, 0.25) is 0 Å². The van der Waals surface area contributed by atoms with E-state index in [1.54, 1.807) is 0 Å². The van der Waals surface area contributed by atoms with Gasteiger partial charge in [-0.05, 0) is 22.0 Å². The van der Waals surface area contributed by atoms with Gasteiger partial charge < -0.3 is 0 Å². The van der Waals surface area contributed by atoms with Crippen LogP contribution in [0.5, 0.6) is 0 Å². The van der Waals surface area contributed by atoms with E-state index in [1.807, 2.05) is 36.0 Å². The Morgan fingerprint density at radius 1 is 1.23 bits per heavy atom. The zero-order chi connectivity index (χ0) is 9.26. The largest absolute Gasteiger partial charge is 0.261 e. The monoisotopic (exact) mass is 236 g/mol. The maximum atomic E-state index is 4.35. The van der Waals surface area contributed by atoms with E-state index in [0.29, 0.717) is 0 Å². The highest BCUT2D eigenvalue weighted by Gasteiger charge is 2.03. The Labute approximate surface area is 85.3 Å². The molecule has 0 aliphatic carbocycles. The molecule has 0 fully saturated rings. The van der Waals surface area contributed by atoms with E-state index in [0.717, 1.165) is 15.9 Å². The summed E-state index contributed by atoms with van der Waals surface area (Å²) in [5, 5.41) is 4.35. The van der Waals surface area contributed by atoms with Crippen molar-refractivity contribution >= 4 is 15.9 Å². The molecule has 0 unspecified atom stereocenters. The van der Waals surface area contributed by atoms with Gasteiger partial charge in [-0.3, -0.25) is 4.68 Å². The predicted molar refractivity (Wildman–Crippen MR) is 56.3 cm³/mol. The highest BCUT2D eigenvalue weighted by Crippen LogP contribution is 2.20. The lowest BCUT2D eigenvalue weighted by Gasteiger charge is -1.93. The van der Waals surface area contributed by atoms with E-state index in [1.165, 1.54) is 0 Å². The predicted octanol–water partition coefficient (Wildman–Crippen LogP) is 2.85. The molecule has 1 aromatic carbocycles. The molecule has 0 aliphatic rings. The molecular weight excluding hydrogens is 228 g/mol. The first kappa shape index (κ1) is 8.51. The Morgan fingerprint density at radius 3 is 2.46 bits per heavy atom. The van der Waals surface area contributed by atoms with Gasteiger partial charge in [0.1, 0.15) is 4.60 Å². The first-order valence-corrected chi connectivity index (χ1v) is 4.81. The number of halogens is 1. The van der Waals surface area contributed by atoms with Crippen LogP contribution in [0.15, 0.2) is 41.0 Å². The lowest BCUT2D eigenvalue weighted by Crippen LogP contribution is -1.89. The summed E-state index contributed by atoms with van der Waals surface area (Å²) in [6.07, 6.45) is 0. The number of rotatable bonds is 1. The minimum atomic E-state index is 0.992. The molecule has 0 atom stereocenters. The van der Waals surface area contributed by atoms with Crippen LogP contribution < -0.4 is 0 Å². The molecule has 2 aromatic rings. The maximum absolute atomic E-state index is 4.35. The number of benzene rings is 1. The fourth-order valence-electron chi connectivity index (χ4n) is 1.19. The fourth-order valence-corrected chi connectivity index (χ4v) is 1.49. The molecule has 0 saturated carbocycles. The SMILES string of the molecule is Cn1nc(-c2ccccc2)cc1Br. The normalized spacial score (nSPS) is 10.3. The zero-order valence-electron chi connectivity index (χ0n) is 7.24. The van der Waals surface area contributed by atoms with Crippen LogP contribution in [-0.2, 0) is 7.05 Å². The Kier molecular flexibility index (Phi) is 2.19. The molecule has 13 heavy (non-hydrogen) atoms. The Bertz CT molecular complexity index is 387. The molecule has 1 aromatic heterocycles. The van der Waals surface area contributed by atoms with Crippen LogP contribution >= 0.6 is 15.9 Å². The van der Waals surface area contributed by atoms with Gasteiger partial charge in [0.15, 0.2) is 0 Å². The van der Waals surface area contributed by atoms with E-state index in [-0.39, 0.29) is 0 Å². The summed E-state index contributed by atoms with van der Waals surface area (Å²) in [6.45, 7) is 0. The molecule has 0 bridgehead atoms. The molecule has 0 N–H and O–H groups in total. The van der Waals surface area contributed by atoms with Crippen molar-refractivity contribution in [1.82, 2.24) is 9.78 Å². The van der Waals surface area contributed by atoms with E-state index >= 15 is 0 Å². The lowest BCUT2D eigenvalue weighted by atomic mass is 10.2. The van der Waals surface area contributed by atoms with Crippen molar-refractivity contribution in [3.63, 3.8) is 0 Å². The molecule has 0 radical (unpaired) electrons. The number of aromatic nitrogens is 2. The number of nitrogens with zero attached hydrogens (tertiary/aromatic N) is 2. The quantitative estimate of drug-likeness (QED) is 0.745. The third-order valence-electron chi connectivity index (χ3n) is 1.89. The average molecular weight is 237 g/mol. The second-order valence-corrected chi connectivity index (χ2v) is 3.65. The summed E-state index contributed by atoms with van der Waals surface area (Å²) in [5.41, 5.74) is 2.14. The topological polar surface area (TPSA) is 17.8 Å². The van der Waals surface area contributed by atoms with Gasteiger partial charge in [-0.25, -0.2) is 0 Å². The van der Waals surface area contributed by atoms with Crippen molar-refractivity contribution in [1.29, 1.82) is 0 Å². The third kappa shape index (κ3) is 1.65. The van der Waals surface area contributed by atoms with Gasteiger partial charge in [-0.1, -0.05) is 30.3 Å². The minimum Gasteiger partial charge on any atom is -0.261 e. The molecule has 1 heterocycles. The standard InChI is InChI=1S/C10H9BrN2/c1-13-10(11)7-9(12-13)8-5-3-2-4-6-8/h2-7H,1H3. The van der Waals surface area contributed by atoms with Crippen molar-refractivity contribution in [3.8, 4) is 11.3 Å². The lowest BCUT2D eigenvalue weighted by molar-refractivity contribution is 0.752. The summed E-state index contributed by atoms with van der Waals surface area (Å²) >= 11 is 3.41. The molecule has 0 amide bonds. The van der Waals surface area contributed by atoms with Gasteiger partial charge in [-0.2, -0.15) is 5.10 Å². The van der Waals surface area contributed by atoms with Crippen LogP contribution in [0.3, 0.4) is 0 Å². The van der Waals surface area contributed by atoms with Gasteiger partial charge in [0.05, 0.1) is 5.69 Å². The van der Waals surface area contributed by atoms with Crippen molar-refractivity contribution < 1.29 is 0 Å². The molecule has 0 aliphatic heterocycles. The maximum Gasteiger partial charge on any atom is 0.104 e. The van der Waals surface area contributed by atoms with Crippen molar-refractivity contribution in [2.24, 2.45) is 7.05 Å². The van der Waals surface area contributed by atoms with Gasteiger partial charge in [0.2, 0.25) is 0 Å². The van der Waals surface area contributed by atoms with E-state index in [9.17, 15) is 0 Å². The Balaban J connectivity index is 2.48. The number of hydrogen-bond acceptors (Lipinski definition) is 1. The van der Waals surface area contributed by atoms with Crippen LogP contribution in [0, 0.1) is 0 Å². The fraction of sp³-hybridized carbons (Fsp3) is 0.100. The Morgan fingerprint density at radius 2 is 1.92 bits per heavy atom. The van der Waals surface area contributed by atoms with Crippen LogP contribution in [0.4, 0.5) is 0 Å². The molecule has 2 nitrogen and oxygen atoms in total. The van der Waals surface area contributed by atoms with Crippen molar-refractivity contribution in [3.05, 3.63) is 41.0 Å². The molecular formula is C10H9BrN2. The average Bonchev–Trinajstić information content (AvgIpc) is 2.49. The minimum absolute atomic E-state index is 0.992. The second kappa shape index (κ2) is 3.34. The molecule has 0 saturated heterocycles. The first-order chi connectivity index (χ1) is 6.27. The number of hydrogen-bond donors (Lipinski definition) is 0. The summed E-state index contributed by atoms with van der Waals surface area (Å²) in [4.78, 5) is 0. The highest BCUT2D eigenvalue weighted by molar-refractivity contribution is 9.10. The van der Waals surface area contributed by atoms with Crippen LogP contribution in [0.25, 0.3) is 11.3 Å². The Hall–Kier alpha value is -1.09. The zero-order valence-corrected chi connectivity index (χ0v) is 8.82.